The normalized spacial score (nSPS) is 28.9. The van der Waals surface area contributed by atoms with E-state index in [4.69, 9.17) is 9.73 Å². The van der Waals surface area contributed by atoms with Crippen molar-refractivity contribution in [3.05, 3.63) is 29.8 Å². The van der Waals surface area contributed by atoms with Gasteiger partial charge in [-0.3, -0.25) is 4.99 Å². The molecule has 3 fully saturated rings. The van der Waals surface area contributed by atoms with E-state index in [1.54, 1.807) is 0 Å². The van der Waals surface area contributed by atoms with E-state index >= 15 is 0 Å². The molecule has 1 aromatic rings. The highest BCUT2D eigenvalue weighted by Gasteiger charge is 2.43. The molecule has 1 spiro atoms. The average molecular weight is 397 g/mol. The number of aliphatic imine (C=N–C) groups is 1. The Morgan fingerprint density at radius 2 is 2.03 bits per heavy atom. The highest BCUT2D eigenvalue weighted by atomic mass is 16.5. The maximum absolute atomic E-state index is 6.53. The molecule has 0 bridgehead atoms. The number of hydrogen-bond acceptors (Lipinski definition) is 3. The van der Waals surface area contributed by atoms with Gasteiger partial charge in [-0.15, -0.1) is 0 Å². The van der Waals surface area contributed by atoms with E-state index in [1.165, 1.54) is 63.6 Å². The number of benzene rings is 1. The molecule has 4 aliphatic rings. The Bertz CT molecular complexity index is 738. The number of likely N-dealkylation sites (tertiary alicyclic amines) is 1. The molecule has 1 aromatic carbocycles. The smallest absolute Gasteiger partial charge is 0.191 e. The van der Waals surface area contributed by atoms with Crippen molar-refractivity contribution in [2.45, 2.75) is 76.0 Å². The van der Waals surface area contributed by atoms with Gasteiger partial charge >= 0.3 is 0 Å². The van der Waals surface area contributed by atoms with Gasteiger partial charge < -0.3 is 20.3 Å². The zero-order valence-corrected chi connectivity index (χ0v) is 17.8. The fourth-order valence-electron chi connectivity index (χ4n) is 5.56. The molecule has 29 heavy (non-hydrogen) atoms. The van der Waals surface area contributed by atoms with Crippen LogP contribution in [0.3, 0.4) is 0 Å². The summed E-state index contributed by atoms with van der Waals surface area (Å²) in [7, 11) is 0. The Hall–Kier alpha value is -1.75. The van der Waals surface area contributed by atoms with E-state index in [-0.39, 0.29) is 11.6 Å². The summed E-state index contributed by atoms with van der Waals surface area (Å²) in [5, 5.41) is 7.27. The molecule has 2 N–H and O–H groups in total. The summed E-state index contributed by atoms with van der Waals surface area (Å²) in [4.78, 5) is 7.70. The van der Waals surface area contributed by atoms with Crippen LogP contribution in [0.2, 0.25) is 0 Å². The van der Waals surface area contributed by atoms with Gasteiger partial charge in [-0.05, 0) is 70.4 Å². The lowest BCUT2D eigenvalue weighted by Gasteiger charge is -2.40. The van der Waals surface area contributed by atoms with E-state index in [0.29, 0.717) is 5.92 Å². The molecule has 2 aliphatic carbocycles. The molecule has 2 atom stereocenters. The maximum atomic E-state index is 6.53. The summed E-state index contributed by atoms with van der Waals surface area (Å²) in [5.41, 5.74) is 1.29. The summed E-state index contributed by atoms with van der Waals surface area (Å²) in [6, 6.07) is 9.72. The SMILES string of the molecule is CCNC(=NCC1CCN(C2CC2)C1)NC1CC2(CCCC2)Oc2ccccc21. The van der Waals surface area contributed by atoms with Crippen LogP contribution >= 0.6 is 0 Å². The van der Waals surface area contributed by atoms with Crippen molar-refractivity contribution in [1.29, 1.82) is 0 Å². The van der Waals surface area contributed by atoms with Gasteiger partial charge in [0.2, 0.25) is 0 Å². The van der Waals surface area contributed by atoms with Gasteiger partial charge in [-0.1, -0.05) is 18.2 Å². The van der Waals surface area contributed by atoms with Crippen LogP contribution in [-0.4, -0.2) is 48.7 Å². The quantitative estimate of drug-likeness (QED) is 0.586. The average Bonchev–Trinajstić information content (AvgIpc) is 3.31. The third-order valence-corrected chi connectivity index (χ3v) is 7.26. The molecule has 1 saturated heterocycles. The lowest BCUT2D eigenvalue weighted by Crippen LogP contribution is -2.46. The van der Waals surface area contributed by atoms with Gasteiger partial charge in [-0.25, -0.2) is 0 Å². The lowest BCUT2D eigenvalue weighted by atomic mass is 9.86. The summed E-state index contributed by atoms with van der Waals surface area (Å²) in [5.74, 6) is 2.73. The van der Waals surface area contributed by atoms with Crippen molar-refractivity contribution in [3.8, 4) is 5.75 Å². The molecular formula is C24H36N4O. The first kappa shape index (κ1) is 19.2. The second kappa shape index (κ2) is 8.17. The summed E-state index contributed by atoms with van der Waals surface area (Å²) < 4.78 is 6.53. The minimum absolute atomic E-state index is 0.0135. The minimum Gasteiger partial charge on any atom is -0.487 e. The number of nitrogens with zero attached hydrogens (tertiary/aromatic N) is 2. The van der Waals surface area contributed by atoms with Gasteiger partial charge in [0, 0.05) is 37.7 Å². The predicted octanol–water partition coefficient (Wildman–Crippen LogP) is 3.86. The highest BCUT2D eigenvalue weighted by Crippen LogP contribution is 2.47. The number of fused-ring (bicyclic) bond motifs is 1. The van der Waals surface area contributed by atoms with Crippen LogP contribution in [-0.2, 0) is 0 Å². The topological polar surface area (TPSA) is 48.9 Å². The number of rotatable bonds is 5. The molecule has 158 valence electrons. The van der Waals surface area contributed by atoms with Crippen molar-refractivity contribution in [2.75, 3.05) is 26.2 Å². The Labute approximate surface area is 175 Å². The highest BCUT2D eigenvalue weighted by molar-refractivity contribution is 5.80. The lowest BCUT2D eigenvalue weighted by molar-refractivity contribution is 0.0396. The first-order valence-corrected chi connectivity index (χ1v) is 11.8. The standard InChI is InChI=1S/C24H36N4O/c1-2-25-23(26-16-18-11-14-28(17-18)19-9-10-19)27-21-15-24(12-5-6-13-24)29-22-8-4-3-7-20(21)22/h3-4,7-8,18-19,21H,2,5-6,9-17H2,1H3,(H2,25,26,27). The van der Waals surface area contributed by atoms with Crippen molar-refractivity contribution in [3.63, 3.8) is 0 Å². The Morgan fingerprint density at radius 3 is 2.83 bits per heavy atom. The number of nitrogens with one attached hydrogen (secondary N) is 2. The van der Waals surface area contributed by atoms with Crippen LogP contribution in [0.4, 0.5) is 0 Å². The number of hydrogen-bond donors (Lipinski definition) is 2. The van der Waals surface area contributed by atoms with Crippen molar-refractivity contribution >= 4 is 5.96 Å². The molecular weight excluding hydrogens is 360 g/mol. The van der Waals surface area contributed by atoms with Crippen LogP contribution in [0.5, 0.6) is 5.75 Å². The van der Waals surface area contributed by atoms with E-state index in [0.717, 1.165) is 37.3 Å². The second-order valence-corrected chi connectivity index (χ2v) is 9.53. The van der Waals surface area contributed by atoms with Crippen molar-refractivity contribution < 1.29 is 4.74 Å². The molecule has 2 aliphatic heterocycles. The first-order chi connectivity index (χ1) is 14.2. The van der Waals surface area contributed by atoms with Gasteiger partial charge in [-0.2, -0.15) is 0 Å². The van der Waals surface area contributed by atoms with Crippen molar-refractivity contribution in [1.82, 2.24) is 15.5 Å². The zero-order chi connectivity index (χ0) is 19.7. The monoisotopic (exact) mass is 396 g/mol. The van der Waals surface area contributed by atoms with Gasteiger partial charge in [0.25, 0.3) is 0 Å². The van der Waals surface area contributed by atoms with Crippen LogP contribution in [0.15, 0.2) is 29.3 Å². The molecule has 5 rings (SSSR count). The fraction of sp³-hybridized carbons (Fsp3) is 0.708. The molecule has 0 radical (unpaired) electrons. The van der Waals surface area contributed by atoms with E-state index < -0.39 is 0 Å². The summed E-state index contributed by atoms with van der Waals surface area (Å²) in [6.07, 6.45) is 10.1. The number of para-hydroxylation sites is 1. The molecule has 2 unspecified atom stereocenters. The van der Waals surface area contributed by atoms with Gasteiger partial charge in [0.15, 0.2) is 5.96 Å². The largest absolute Gasteiger partial charge is 0.487 e. The molecule has 0 amide bonds. The third kappa shape index (κ3) is 4.25. The Kier molecular flexibility index (Phi) is 5.42. The summed E-state index contributed by atoms with van der Waals surface area (Å²) in [6.45, 7) is 6.47. The molecule has 5 heteroatoms. The number of ether oxygens (including phenoxy) is 1. The third-order valence-electron chi connectivity index (χ3n) is 7.26. The van der Waals surface area contributed by atoms with Gasteiger partial charge in [0.1, 0.15) is 11.4 Å². The van der Waals surface area contributed by atoms with Crippen molar-refractivity contribution in [2.24, 2.45) is 10.9 Å². The van der Waals surface area contributed by atoms with Crippen LogP contribution in [0.1, 0.15) is 69.9 Å². The molecule has 0 aromatic heterocycles. The molecule has 2 saturated carbocycles. The second-order valence-electron chi connectivity index (χ2n) is 9.53. The van der Waals surface area contributed by atoms with Crippen LogP contribution in [0.25, 0.3) is 0 Å². The minimum atomic E-state index is 0.0135. The zero-order valence-electron chi connectivity index (χ0n) is 17.8. The summed E-state index contributed by atoms with van der Waals surface area (Å²) >= 11 is 0. The molecule has 2 heterocycles. The number of guanidine groups is 1. The van der Waals surface area contributed by atoms with E-state index in [2.05, 4.69) is 46.7 Å². The van der Waals surface area contributed by atoms with Crippen LogP contribution < -0.4 is 15.4 Å². The molecule has 5 nitrogen and oxygen atoms in total. The Balaban J connectivity index is 1.29. The van der Waals surface area contributed by atoms with E-state index in [9.17, 15) is 0 Å². The van der Waals surface area contributed by atoms with E-state index in [1.807, 2.05) is 0 Å². The van der Waals surface area contributed by atoms with Crippen LogP contribution in [0, 0.1) is 5.92 Å². The fourth-order valence-corrected chi connectivity index (χ4v) is 5.56. The maximum Gasteiger partial charge on any atom is 0.191 e. The van der Waals surface area contributed by atoms with Gasteiger partial charge in [0.05, 0.1) is 6.04 Å². The Morgan fingerprint density at radius 1 is 1.21 bits per heavy atom. The first-order valence-electron chi connectivity index (χ1n) is 11.8. The predicted molar refractivity (Wildman–Crippen MR) is 117 cm³/mol.